The van der Waals surface area contributed by atoms with Crippen molar-refractivity contribution in [1.29, 1.82) is 0 Å². The maximum absolute atomic E-state index is 4.54. The van der Waals surface area contributed by atoms with Crippen LogP contribution >= 0.6 is 0 Å². The standard InChI is InChI=1S/C18H33N3/c1-2-14-19-17-12-9-7-5-3-4-6-8-10-13-18(17)21-16-11-15-20-21/h11,15-19H,2-10,12-14H2,1H3. The van der Waals surface area contributed by atoms with E-state index in [2.05, 4.69) is 34.3 Å². The minimum atomic E-state index is 0.533. The number of nitrogens with one attached hydrogen (secondary N) is 1. The summed E-state index contributed by atoms with van der Waals surface area (Å²) in [4.78, 5) is 0. The summed E-state index contributed by atoms with van der Waals surface area (Å²) in [6.45, 7) is 3.38. The van der Waals surface area contributed by atoms with Crippen LogP contribution in [0.15, 0.2) is 18.5 Å². The van der Waals surface area contributed by atoms with Crippen LogP contribution in [0.3, 0.4) is 0 Å². The lowest BCUT2D eigenvalue weighted by molar-refractivity contribution is 0.279. The first-order valence-electron chi connectivity index (χ1n) is 9.14. The molecule has 0 spiro atoms. The van der Waals surface area contributed by atoms with E-state index in [-0.39, 0.29) is 0 Å². The number of aromatic nitrogens is 2. The van der Waals surface area contributed by atoms with Crippen molar-refractivity contribution in [2.45, 2.75) is 89.6 Å². The van der Waals surface area contributed by atoms with Crippen molar-refractivity contribution in [1.82, 2.24) is 15.1 Å². The summed E-state index contributed by atoms with van der Waals surface area (Å²) >= 11 is 0. The highest BCUT2D eigenvalue weighted by molar-refractivity contribution is 4.87. The number of nitrogens with zero attached hydrogens (tertiary/aromatic N) is 2. The van der Waals surface area contributed by atoms with E-state index >= 15 is 0 Å². The summed E-state index contributed by atoms with van der Waals surface area (Å²) < 4.78 is 2.21. The summed E-state index contributed by atoms with van der Waals surface area (Å²) in [5, 5.41) is 8.34. The Balaban J connectivity index is 2.02. The molecule has 1 fully saturated rings. The second-order valence-electron chi connectivity index (χ2n) is 6.52. The van der Waals surface area contributed by atoms with Crippen LogP contribution in [0.2, 0.25) is 0 Å². The maximum Gasteiger partial charge on any atom is 0.0672 e. The molecule has 2 rings (SSSR count). The van der Waals surface area contributed by atoms with Crippen LogP contribution in [0.5, 0.6) is 0 Å². The van der Waals surface area contributed by atoms with Gasteiger partial charge in [0.05, 0.1) is 6.04 Å². The summed E-state index contributed by atoms with van der Waals surface area (Å²) in [5.74, 6) is 0. The van der Waals surface area contributed by atoms with Gasteiger partial charge in [-0.2, -0.15) is 5.10 Å². The van der Waals surface area contributed by atoms with Crippen LogP contribution in [0.1, 0.15) is 83.6 Å². The summed E-state index contributed by atoms with van der Waals surface area (Å²) in [5.41, 5.74) is 0. The second-order valence-corrected chi connectivity index (χ2v) is 6.52. The average molecular weight is 291 g/mol. The molecule has 0 amide bonds. The molecule has 3 heteroatoms. The quantitative estimate of drug-likeness (QED) is 0.871. The molecule has 1 saturated carbocycles. The topological polar surface area (TPSA) is 29.9 Å². The third kappa shape index (κ3) is 5.82. The zero-order valence-electron chi connectivity index (χ0n) is 13.8. The fourth-order valence-corrected chi connectivity index (χ4v) is 3.53. The van der Waals surface area contributed by atoms with Gasteiger partial charge in [0, 0.05) is 18.4 Å². The zero-order chi connectivity index (χ0) is 14.8. The van der Waals surface area contributed by atoms with E-state index in [9.17, 15) is 0 Å². The van der Waals surface area contributed by atoms with Gasteiger partial charge in [-0.25, -0.2) is 0 Å². The van der Waals surface area contributed by atoms with Crippen molar-refractivity contribution in [2.24, 2.45) is 0 Å². The minimum absolute atomic E-state index is 0.533. The lowest BCUT2D eigenvalue weighted by Crippen LogP contribution is -2.38. The molecular formula is C18H33N3. The van der Waals surface area contributed by atoms with Gasteiger partial charge in [0.25, 0.3) is 0 Å². The maximum atomic E-state index is 4.54. The summed E-state index contributed by atoms with van der Waals surface area (Å²) in [7, 11) is 0. The molecular weight excluding hydrogens is 258 g/mol. The molecule has 1 N–H and O–H groups in total. The van der Waals surface area contributed by atoms with Gasteiger partial charge in [0.2, 0.25) is 0 Å². The fourth-order valence-electron chi connectivity index (χ4n) is 3.53. The highest BCUT2D eigenvalue weighted by Gasteiger charge is 2.22. The Bertz CT molecular complexity index is 347. The van der Waals surface area contributed by atoms with Crippen molar-refractivity contribution >= 4 is 0 Å². The van der Waals surface area contributed by atoms with Crippen LogP contribution in [-0.4, -0.2) is 22.4 Å². The van der Waals surface area contributed by atoms with Crippen molar-refractivity contribution in [3.63, 3.8) is 0 Å². The molecule has 0 radical (unpaired) electrons. The first-order chi connectivity index (χ1) is 10.4. The van der Waals surface area contributed by atoms with Crippen molar-refractivity contribution in [3.8, 4) is 0 Å². The molecule has 1 aliphatic carbocycles. The Hall–Kier alpha value is -0.830. The van der Waals surface area contributed by atoms with Gasteiger partial charge in [-0.15, -0.1) is 0 Å². The molecule has 1 aromatic heterocycles. The van der Waals surface area contributed by atoms with Crippen molar-refractivity contribution in [3.05, 3.63) is 18.5 Å². The van der Waals surface area contributed by atoms with E-state index in [0.29, 0.717) is 12.1 Å². The molecule has 1 aliphatic rings. The predicted octanol–water partition coefficient (Wildman–Crippen LogP) is 4.71. The smallest absolute Gasteiger partial charge is 0.0672 e. The van der Waals surface area contributed by atoms with Crippen LogP contribution in [0, 0.1) is 0 Å². The highest BCUT2D eigenvalue weighted by atomic mass is 15.3. The van der Waals surface area contributed by atoms with E-state index in [4.69, 9.17) is 0 Å². The van der Waals surface area contributed by atoms with Crippen LogP contribution in [0.25, 0.3) is 0 Å². The number of rotatable bonds is 4. The Kier molecular flexibility index (Phi) is 7.87. The Morgan fingerprint density at radius 3 is 2.29 bits per heavy atom. The molecule has 120 valence electrons. The van der Waals surface area contributed by atoms with Gasteiger partial charge in [-0.3, -0.25) is 4.68 Å². The van der Waals surface area contributed by atoms with Crippen molar-refractivity contribution in [2.75, 3.05) is 6.54 Å². The molecule has 2 atom stereocenters. The average Bonchev–Trinajstić information content (AvgIpc) is 3.00. The van der Waals surface area contributed by atoms with E-state index in [1.54, 1.807) is 0 Å². The number of hydrogen-bond acceptors (Lipinski definition) is 2. The normalized spacial score (nSPS) is 26.0. The third-order valence-corrected chi connectivity index (χ3v) is 4.75. The lowest BCUT2D eigenvalue weighted by atomic mass is 9.94. The molecule has 21 heavy (non-hydrogen) atoms. The molecule has 0 aliphatic heterocycles. The molecule has 0 bridgehead atoms. The lowest BCUT2D eigenvalue weighted by Gasteiger charge is -2.29. The van der Waals surface area contributed by atoms with Crippen LogP contribution in [-0.2, 0) is 0 Å². The molecule has 1 aromatic rings. The van der Waals surface area contributed by atoms with Crippen LogP contribution in [0.4, 0.5) is 0 Å². The SMILES string of the molecule is CCCNC1CCCCCCCCCCC1n1cccn1. The van der Waals surface area contributed by atoms with E-state index in [0.717, 1.165) is 6.54 Å². The molecule has 0 aromatic carbocycles. The van der Waals surface area contributed by atoms with Crippen molar-refractivity contribution < 1.29 is 0 Å². The monoisotopic (exact) mass is 291 g/mol. The third-order valence-electron chi connectivity index (χ3n) is 4.75. The molecule has 3 nitrogen and oxygen atoms in total. The highest BCUT2D eigenvalue weighted by Crippen LogP contribution is 2.25. The minimum Gasteiger partial charge on any atom is -0.312 e. The van der Waals surface area contributed by atoms with Gasteiger partial charge in [0.1, 0.15) is 0 Å². The summed E-state index contributed by atoms with van der Waals surface area (Å²) in [6.07, 6.45) is 19.0. The van der Waals surface area contributed by atoms with Gasteiger partial charge in [-0.1, -0.05) is 58.3 Å². The largest absolute Gasteiger partial charge is 0.312 e. The Morgan fingerprint density at radius 2 is 1.67 bits per heavy atom. The zero-order valence-corrected chi connectivity index (χ0v) is 13.8. The molecule has 2 unspecified atom stereocenters. The Morgan fingerprint density at radius 1 is 1.00 bits per heavy atom. The Labute approximate surface area is 130 Å². The first kappa shape index (κ1) is 16.5. The van der Waals surface area contributed by atoms with E-state index in [1.165, 1.54) is 70.6 Å². The van der Waals surface area contributed by atoms with E-state index < -0.39 is 0 Å². The molecule has 0 saturated heterocycles. The van der Waals surface area contributed by atoms with Crippen LogP contribution < -0.4 is 5.32 Å². The molecule has 1 heterocycles. The number of hydrogen-bond donors (Lipinski definition) is 1. The predicted molar refractivity (Wildman–Crippen MR) is 89.5 cm³/mol. The van der Waals surface area contributed by atoms with E-state index in [1.807, 2.05) is 6.20 Å². The van der Waals surface area contributed by atoms with Gasteiger partial charge < -0.3 is 5.32 Å². The first-order valence-corrected chi connectivity index (χ1v) is 9.14. The fraction of sp³-hybridized carbons (Fsp3) is 0.833. The summed E-state index contributed by atoms with van der Waals surface area (Å²) in [6, 6.07) is 3.18. The van der Waals surface area contributed by atoms with Gasteiger partial charge in [-0.05, 0) is 31.9 Å². The second kappa shape index (κ2) is 9.99. The van der Waals surface area contributed by atoms with Gasteiger partial charge >= 0.3 is 0 Å². The van der Waals surface area contributed by atoms with Gasteiger partial charge in [0.15, 0.2) is 0 Å².